The highest BCUT2D eigenvalue weighted by Gasteiger charge is 2.16. The van der Waals surface area contributed by atoms with E-state index in [1.807, 2.05) is 30.3 Å². The molecule has 1 aliphatic heterocycles. The number of aliphatic hydroxyl groups is 1. The summed E-state index contributed by atoms with van der Waals surface area (Å²) < 4.78 is 10.6. The summed E-state index contributed by atoms with van der Waals surface area (Å²) in [6.45, 7) is 1.13. The quantitative estimate of drug-likeness (QED) is 0.839. The number of pyridine rings is 1. The van der Waals surface area contributed by atoms with Crippen molar-refractivity contribution in [2.75, 3.05) is 19.9 Å². The van der Waals surface area contributed by atoms with E-state index in [9.17, 15) is 9.90 Å². The average molecular weight is 329 g/mol. The average Bonchev–Trinajstić information content (AvgIpc) is 3.08. The number of carbonyl (C=O) groups is 1. The Balaban J connectivity index is 1.59. The molecule has 126 valence electrons. The van der Waals surface area contributed by atoms with Crippen molar-refractivity contribution in [2.24, 2.45) is 0 Å². The molecule has 1 aromatic heterocycles. The molecular formula is C17H19N3O4. The van der Waals surface area contributed by atoms with Crippen LogP contribution in [-0.4, -0.2) is 41.0 Å². The predicted octanol–water partition coefficient (Wildman–Crippen LogP) is 1.51. The SMILES string of the molecule is O=C(NCc1ccc2c(c1)OCO2)N(CCO)Cc1cccnc1. The third-order valence-electron chi connectivity index (χ3n) is 3.63. The number of benzene rings is 1. The zero-order chi connectivity index (χ0) is 16.8. The Kier molecular flexibility index (Phi) is 5.12. The van der Waals surface area contributed by atoms with Crippen LogP contribution in [0.5, 0.6) is 11.5 Å². The summed E-state index contributed by atoms with van der Waals surface area (Å²) in [4.78, 5) is 18.0. The maximum absolute atomic E-state index is 12.4. The van der Waals surface area contributed by atoms with E-state index in [0.717, 1.165) is 11.1 Å². The number of ether oxygens (including phenoxy) is 2. The molecule has 0 radical (unpaired) electrons. The maximum Gasteiger partial charge on any atom is 0.318 e. The van der Waals surface area contributed by atoms with Gasteiger partial charge in [-0.3, -0.25) is 4.98 Å². The van der Waals surface area contributed by atoms with Crippen molar-refractivity contribution in [2.45, 2.75) is 13.1 Å². The molecule has 24 heavy (non-hydrogen) atoms. The molecule has 7 nitrogen and oxygen atoms in total. The molecule has 7 heteroatoms. The first-order valence-corrected chi connectivity index (χ1v) is 7.67. The molecule has 0 spiro atoms. The molecule has 0 saturated carbocycles. The lowest BCUT2D eigenvalue weighted by atomic mass is 10.2. The van der Waals surface area contributed by atoms with Crippen LogP contribution < -0.4 is 14.8 Å². The van der Waals surface area contributed by atoms with Gasteiger partial charge in [-0.05, 0) is 29.3 Å². The van der Waals surface area contributed by atoms with Gasteiger partial charge in [0.25, 0.3) is 0 Å². The van der Waals surface area contributed by atoms with Gasteiger partial charge in [-0.1, -0.05) is 12.1 Å². The second-order valence-electron chi connectivity index (χ2n) is 5.35. The minimum atomic E-state index is -0.245. The minimum Gasteiger partial charge on any atom is -0.454 e. The first-order valence-electron chi connectivity index (χ1n) is 7.67. The van der Waals surface area contributed by atoms with Crippen molar-refractivity contribution in [3.8, 4) is 11.5 Å². The maximum atomic E-state index is 12.4. The van der Waals surface area contributed by atoms with Crippen LogP contribution in [0.4, 0.5) is 4.79 Å². The van der Waals surface area contributed by atoms with E-state index in [0.29, 0.717) is 24.6 Å². The monoisotopic (exact) mass is 329 g/mol. The number of aromatic nitrogens is 1. The topological polar surface area (TPSA) is 83.9 Å². The zero-order valence-corrected chi connectivity index (χ0v) is 13.1. The highest BCUT2D eigenvalue weighted by atomic mass is 16.7. The molecule has 2 heterocycles. The third kappa shape index (κ3) is 3.94. The number of urea groups is 1. The molecular weight excluding hydrogens is 310 g/mol. The van der Waals surface area contributed by atoms with Gasteiger partial charge in [0, 0.05) is 32.0 Å². The fraction of sp³-hybridized carbons (Fsp3) is 0.294. The highest BCUT2D eigenvalue weighted by molar-refractivity contribution is 5.74. The summed E-state index contributed by atoms with van der Waals surface area (Å²) in [5, 5.41) is 12.0. The minimum absolute atomic E-state index is 0.0995. The van der Waals surface area contributed by atoms with Crippen LogP contribution in [0.2, 0.25) is 0 Å². The fourth-order valence-electron chi connectivity index (χ4n) is 2.43. The van der Waals surface area contributed by atoms with Crippen molar-refractivity contribution >= 4 is 6.03 Å². The van der Waals surface area contributed by atoms with E-state index in [2.05, 4.69) is 10.3 Å². The van der Waals surface area contributed by atoms with Crippen molar-refractivity contribution < 1.29 is 19.4 Å². The summed E-state index contributed by atoms with van der Waals surface area (Å²) in [7, 11) is 0. The van der Waals surface area contributed by atoms with Crippen LogP contribution in [0.1, 0.15) is 11.1 Å². The predicted molar refractivity (Wildman–Crippen MR) is 86.5 cm³/mol. The van der Waals surface area contributed by atoms with Gasteiger partial charge < -0.3 is 24.8 Å². The molecule has 3 rings (SSSR count). The molecule has 0 aliphatic carbocycles. The van der Waals surface area contributed by atoms with Crippen molar-refractivity contribution in [3.63, 3.8) is 0 Å². The fourth-order valence-corrected chi connectivity index (χ4v) is 2.43. The van der Waals surface area contributed by atoms with Crippen LogP contribution in [0, 0.1) is 0 Å². The Morgan fingerprint density at radius 3 is 2.92 bits per heavy atom. The van der Waals surface area contributed by atoms with Gasteiger partial charge in [-0.25, -0.2) is 4.79 Å². The summed E-state index contributed by atoms with van der Waals surface area (Å²) in [5.74, 6) is 1.40. The molecule has 1 aliphatic rings. The Hall–Kier alpha value is -2.80. The van der Waals surface area contributed by atoms with Crippen LogP contribution in [0.3, 0.4) is 0 Å². The van der Waals surface area contributed by atoms with Gasteiger partial charge in [0.15, 0.2) is 11.5 Å². The number of fused-ring (bicyclic) bond motifs is 1. The summed E-state index contributed by atoms with van der Waals surface area (Å²) in [6.07, 6.45) is 3.38. The third-order valence-corrected chi connectivity index (χ3v) is 3.63. The molecule has 1 aromatic carbocycles. The lowest BCUT2D eigenvalue weighted by molar-refractivity contribution is 0.173. The number of hydrogen-bond acceptors (Lipinski definition) is 5. The standard InChI is InChI=1S/C17H19N3O4/c21-7-6-20(11-14-2-1-5-18-9-14)17(22)19-10-13-3-4-15-16(8-13)24-12-23-15/h1-5,8-9,21H,6-7,10-12H2,(H,19,22). The molecule has 0 bridgehead atoms. The molecule has 0 atom stereocenters. The van der Waals surface area contributed by atoms with E-state index in [1.54, 1.807) is 17.3 Å². The van der Waals surface area contributed by atoms with E-state index in [4.69, 9.17) is 9.47 Å². The molecule has 0 saturated heterocycles. The number of rotatable bonds is 6. The molecule has 2 aromatic rings. The van der Waals surface area contributed by atoms with Crippen molar-refractivity contribution in [1.29, 1.82) is 0 Å². The van der Waals surface area contributed by atoms with Gasteiger partial charge in [-0.2, -0.15) is 0 Å². The van der Waals surface area contributed by atoms with Crippen LogP contribution >= 0.6 is 0 Å². The first-order chi connectivity index (χ1) is 11.8. The Morgan fingerprint density at radius 2 is 2.12 bits per heavy atom. The molecule has 2 amide bonds. The van der Waals surface area contributed by atoms with E-state index >= 15 is 0 Å². The van der Waals surface area contributed by atoms with Crippen molar-refractivity contribution in [1.82, 2.24) is 15.2 Å². The lowest BCUT2D eigenvalue weighted by Crippen LogP contribution is -2.40. The Bertz CT molecular complexity index is 693. The molecule has 2 N–H and O–H groups in total. The summed E-state index contributed by atoms with van der Waals surface area (Å²) in [6, 6.07) is 9.01. The Morgan fingerprint density at radius 1 is 1.25 bits per heavy atom. The molecule has 0 fully saturated rings. The van der Waals surface area contributed by atoms with E-state index in [1.165, 1.54) is 0 Å². The van der Waals surface area contributed by atoms with Crippen LogP contribution in [0.15, 0.2) is 42.7 Å². The van der Waals surface area contributed by atoms with Crippen LogP contribution in [0.25, 0.3) is 0 Å². The number of aliphatic hydroxyl groups excluding tert-OH is 1. The number of nitrogens with zero attached hydrogens (tertiary/aromatic N) is 2. The largest absolute Gasteiger partial charge is 0.454 e. The summed E-state index contributed by atoms with van der Waals surface area (Å²) in [5.41, 5.74) is 1.82. The first kappa shape index (κ1) is 16.1. The second kappa shape index (κ2) is 7.65. The normalized spacial score (nSPS) is 12.0. The number of nitrogens with one attached hydrogen (secondary N) is 1. The highest BCUT2D eigenvalue weighted by Crippen LogP contribution is 2.32. The van der Waals surface area contributed by atoms with Crippen LogP contribution in [-0.2, 0) is 13.1 Å². The number of hydrogen-bond donors (Lipinski definition) is 2. The van der Waals surface area contributed by atoms with Gasteiger partial charge in [0.2, 0.25) is 6.79 Å². The zero-order valence-electron chi connectivity index (χ0n) is 13.1. The second-order valence-corrected chi connectivity index (χ2v) is 5.35. The molecule has 0 unspecified atom stereocenters. The van der Waals surface area contributed by atoms with Gasteiger partial charge in [0.1, 0.15) is 0 Å². The van der Waals surface area contributed by atoms with Crippen molar-refractivity contribution in [3.05, 3.63) is 53.9 Å². The van der Waals surface area contributed by atoms with Gasteiger partial charge in [0.05, 0.1) is 6.61 Å². The number of carbonyl (C=O) groups excluding carboxylic acids is 1. The van der Waals surface area contributed by atoms with Gasteiger partial charge >= 0.3 is 6.03 Å². The lowest BCUT2D eigenvalue weighted by Gasteiger charge is -2.22. The van der Waals surface area contributed by atoms with E-state index in [-0.39, 0.29) is 26.0 Å². The van der Waals surface area contributed by atoms with Gasteiger partial charge in [-0.15, -0.1) is 0 Å². The number of amides is 2. The van der Waals surface area contributed by atoms with E-state index < -0.39 is 0 Å². The summed E-state index contributed by atoms with van der Waals surface area (Å²) >= 11 is 0. The smallest absolute Gasteiger partial charge is 0.318 e. The Labute approximate surface area is 139 Å².